The molecule has 0 bridgehead atoms. The first-order chi connectivity index (χ1) is 9.74. The molecule has 3 rings (SSSR count). The minimum absolute atomic E-state index is 0.00720. The maximum absolute atomic E-state index is 10.7. The van der Waals surface area contributed by atoms with Gasteiger partial charge in [-0.15, -0.1) is 0 Å². The molecule has 0 aliphatic heterocycles. The van der Waals surface area contributed by atoms with Crippen LogP contribution in [0.25, 0.3) is 22.0 Å². The molecule has 4 heteroatoms. The van der Waals surface area contributed by atoms with E-state index in [0.29, 0.717) is 5.56 Å². The van der Waals surface area contributed by atoms with Gasteiger partial charge >= 0.3 is 5.97 Å². The highest BCUT2D eigenvalue weighted by molar-refractivity contribution is 5.95. The summed E-state index contributed by atoms with van der Waals surface area (Å²) >= 11 is 0. The summed E-state index contributed by atoms with van der Waals surface area (Å²) < 4.78 is 0. The molecule has 0 spiro atoms. The van der Waals surface area contributed by atoms with Crippen molar-refractivity contribution in [1.82, 2.24) is 9.97 Å². The minimum atomic E-state index is -0.851. The predicted molar refractivity (Wildman–Crippen MR) is 76.3 cm³/mol. The van der Waals surface area contributed by atoms with Gasteiger partial charge in [0.05, 0.1) is 12.1 Å². The highest BCUT2D eigenvalue weighted by atomic mass is 16.4. The normalized spacial score (nSPS) is 10.6. The van der Waals surface area contributed by atoms with Crippen molar-refractivity contribution in [3.05, 3.63) is 60.6 Å². The number of carboxylic acids is 1. The molecular formula is C16H12N2O2. The van der Waals surface area contributed by atoms with Crippen LogP contribution >= 0.6 is 0 Å². The number of aliphatic carboxylic acids is 1. The molecule has 0 saturated carbocycles. The SMILES string of the molecule is O=C(O)Cc1ccc(-c2cccc3cnccc23)nc1. The number of hydrogen-bond donors (Lipinski definition) is 1. The minimum Gasteiger partial charge on any atom is -0.481 e. The van der Waals surface area contributed by atoms with E-state index in [-0.39, 0.29) is 6.42 Å². The van der Waals surface area contributed by atoms with E-state index in [1.165, 1.54) is 0 Å². The lowest BCUT2D eigenvalue weighted by molar-refractivity contribution is -0.136. The van der Waals surface area contributed by atoms with E-state index in [9.17, 15) is 4.79 Å². The van der Waals surface area contributed by atoms with Gasteiger partial charge in [0.2, 0.25) is 0 Å². The highest BCUT2D eigenvalue weighted by Crippen LogP contribution is 2.26. The number of fused-ring (bicyclic) bond motifs is 1. The first-order valence-electron chi connectivity index (χ1n) is 6.24. The third-order valence-electron chi connectivity index (χ3n) is 3.14. The monoisotopic (exact) mass is 264 g/mol. The summed E-state index contributed by atoms with van der Waals surface area (Å²) in [7, 11) is 0. The molecule has 0 aliphatic carbocycles. The third kappa shape index (κ3) is 2.36. The molecule has 0 unspecified atom stereocenters. The summed E-state index contributed by atoms with van der Waals surface area (Å²) in [4.78, 5) is 19.1. The molecule has 20 heavy (non-hydrogen) atoms. The van der Waals surface area contributed by atoms with Crippen LogP contribution in [0.2, 0.25) is 0 Å². The second-order valence-corrected chi connectivity index (χ2v) is 4.52. The number of rotatable bonds is 3. The molecule has 0 radical (unpaired) electrons. The van der Waals surface area contributed by atoms with E-state index < -0.39 is 5.97 Å². The third-order valence-corrected chi connectivity index (χ3v) is 3.14. The summed E-state index contributed by atoms with van der Waals surface area (Å²) in [5, 5.41) is 10.9. The lowest BCUT2D eigenvalue weighted by atomic mass is 10.0. The van der Waals surface area contributed by atoms with Crippen LogP contribution in [0.15, 0.2) is 55.0 Å². The van der Waals surface area contributed by atoms with Crippen LogP contribution in [-0.4, -0.2) is 21.0 Å². The van der Waals surface area contributed by atoms with Gasteiger partial charge < -0.3 is 5.11 Å². The Bertz CT molecular complexity index is 762. The summed E-state index contributed by atoms with van der Waals surface area (Å²) in [6.07, 6.45) is 5.18. The summed E-state index contributed by atoms with van der Waals surface area (Å²) in [5.41, 5.74) is 2.55. The first kappa shape index (κ1) is 12.3. The quantitative estimate of drug-likeness (QED) is 0.790. The van der Waals surface area contributed by atoms with Crippen molar-refractivity contribution < 1.29 is 9.90 Å². The summed E-state index contributed by atoms with van der Waals surface area (Å²) in [5.74, 6) is -0.851. The number of aromatic nitrogens is 2. The van der Waals surface area contributed by atoms with Crippen LogP contribution in [0.4, 0.5) is 0 Å². The Labute approximate surface area is 115 Å². The smallest absolute Gasteiger partial charge is 0.307 e. The van der Waals surface area contributed by atoms with E-state index in [2.05, 4.69) is 9.97 Å². The Morgan fingerprint density at radius 2 is 2.00 bits per heavy atom. The van der Waals surface area contributed by atoms with Gasteiger partial charge in [0.1, 0.15) is 0 Å². The van der Waals surface area contributed by atoms with Crippen LogP contribution < -0.4 is 0 Å². The second-order valence-electron chi connectivity index (χ2n) is 4.52. The van der Waals surface area contributed by atoms with Crippen LogP contribution in [0.1, 0.15) is 5.56 Å². The summed E-state index contributed by atoms with van der Waals surface area (Å²) in [6.45, 7) is 0. The van der Waals surface area contributed by atoms with Crippen LogP contribution in [0.3, 0.4) is 0 Å². The van der Waals surface area contributed by atoms with Crippen molar-refractivity contribution in [2.24, 2.45) is 0 Å². The van der Waals surface area contributed by atoms with Gasteiger partial charge in [-0.3, -0.25) is 14.8 Å². The predicted octanol–water partition coefficient (Wildman–Crippen LogP) is 2.92. The van der Waals surface area contributed by atoms with Gasteiger partial charge in [0.25, 0.3) is 0 Å². The Hall–Kier alpha value is -2.75. The number of hydrogen-bond acceptors (Lipinski definition) is 3. The van der Waals surface area contributed by atoms with E-state index in [4.69, 9.17) is 5.11 Å². The lowest BCUT2D eigenvalue weighted by Crippen LogP contribution is -2.00. The molecule has 0 aliphatic rings. The number of benzene rings is 1. The van der Waals surface area contributed by atoms with E-state index in [0.717, 1.165) is 22.0 Å². The van der Waals surface area contributed by atoms with E-state index in [1.807, 2.05) is 36.5 Å². The number of nitrogens with zero attached hydrogens (tertiary/aromatic N) is 2. The molecule has 3 aromatic rings. The molecule has 0 fully saturated rings. The molecule has 4 nitrogen and oxygen atoms in total. The largest absolute Gasteiger partial charge is 0.481 e. The topological polar surface area (TPSA) is 63.1 Å². The maximum Gasteiger partial charge on any atom is 0.307 e. The average Bonchev–Trinajstić information content (AvgIpc) is 2.47. The van der Waals surface area contributed by atoms with Crippen LogP contribution in [0, 0.1) is 0 Å². The second kappa shape index (κ2) is 5.09. The fraction of sp³-hybridized carbons (Fsp3) is 0.0625. The Morgan fingerprint density at radius 3 is 2.75 bits per heavy atom. The van der Waals surface area contributed by atoms with Gasteiger partial charge in [-0.2, -0.15) is 0 Å². The zero-order chi connectivity index (χ0) is 13.9. The highest BCUT2D eigenvalue weighted by Gasteiger charge is 2.06. The maximum atomic E-state index is 10.7. The van der Waals surface area contributed by atoms with Gasteiger partial charge in [-0.05, 0) is 23.1 Å². The first-order valence-corrected chi connectivity index (χ1v) is 6.24. The van der Waals surface area contributed by atoms with Crippen molar-refractivity contribution in [3.63, 3.8) is 0 Å². The van der Waals surface area contributed by atoms with Crippen molar-refractivity contribution >= 4 is 16.7 Å². The fourth-order valence-electron chi connectivity index (χ4n) is 2.21. The van der Waals surface area contributed by atoms with E-state index >= 15 is 0 Å². The zero-order valence-electron chi connectivity index (χ0n) is 10.7. The number of carboxylic acid groups (broad SMARTS) is 1. The fourth-order valence-corrected chi connectivity index (χ4v) is 2.21. The molecule has 1 N–H and O–H groups in total. The lowest BCUT2D eigenvalue weighted by Gasteiger charge is -2.06. The van der Waals surface area contributed by atoms with Crippen molar-refractivity contribution in [2.75, 3.05) is 0 Å². The molecule has 0 atom stereocenters. The molecule has 0 saturated heterocycles. The number of carbonyl (C=O) groups is 1. The van der Waals surface area contributed by atoms with Crippen molar-refractivity contribution in [1.29, 1.82) is 0 Å². The van der Waals surface area contributed by atoms with Crippen LogP contribution in [0.5, 0.6) is 0 Å². The van der Waals surface area contributed by atoms with Gasteiger partial charge in [0, 0.05) is 29.5 Å². The molecular weight excluding hydrogens is 252 g/mol. The standard InChI is InChI=1S/C16H12N2O2/c19-16(20)8-11-4-5-15(18-9-11)14-3-1-2-12-10-17-7-6-13(12)14/h1-7,9-10H,8H2,(H,19,20). The Balaban J connectivity index is 2.05. The molecule has 0 amide bonds. The van der Waals surface area contributed by atoms with Crippen LogP contribution in [-0.2, 0) is 11.2 Å². The van der Waals surface area contributed by atoms with Gasteiger partial charge in [0.15, 0.2) is 0 Å². The Kier molecular flexibility index (Phi) is 3.13. The number of pyridine rings is 2. The molecule has 1 aromatic carbocycles. The van der Waals surface area contributed by atoms with Gasteiger partial charge in [-0.1, -0.05) is 24.3 Å². The van der Waals surface area contributed by atoms with Crippen molar-refractivity contribution in [2.45, 2.75) is 6.42 Å². The summed E-state index contributed by atoms with van der Waals surface area (Å²) in [6, 6.07) is 11.6. The Morgan fingerprint density at radius 1 is 1.10 bits per heavy atom. The van der Waals surface area contributed by atoms with Gasteiger partial charge in [-0.25, -0.2) is 0 Å². The molecule has 98 valence electrons. The molecule has 2 aromatic heterocycles. The van der Waals surface area contributed by atoms with Crippen molar-refractivity contribution in [3.8, 4) is 11.3 Å². The zero-order valence-corrected chi connectivity index (χ0v) is 10.7. The van der Waals surface area contributed by atoms with E-state index in [1.54, 1.807) is 18.5 Å². The molecule has 2 heterocycles. The average molecular weight is 264 g/mol.